The molecule has 0 spiro atoms. The predicted octanol–water partition coefficient (Wildman–Crippen LogP) is 12.6. The molecule has 49 heavy (non-hydrogen) atoms. The molecular formula is C45H57BrO3. The fourth-order valence-electron chi connectivity index (χ4n) is 7.33. The first-order valence-corrected chi connectivity index (χ1v) is 18.6. The summed E-state index contributed by atoms with van der Waals surface area (Å²) >= 11 is 3.60. The van der Waals surface area contributed by atoms with Crippen LogP contribution in [0.2, 0.25) is 0 Å². The van der Waals surface area contributed by atoms with Crippen LogP contribution in [0.4, 0.5) is 0 Å². The van der Waals surface area contributed by atoms with Crippen molar-refractivity contribution in [3.8, 4) is 11.5 Å². The molecule has 2 N–H and O–H groups in total. The van der Waals surface area contributed by atoms with Crippen molar-refractivity contribution in [2.45, 2.75) is 119 Å². The monoisotopic (exact) mass is 724 g/mol. The van der Waals surface area contributed by atoms with Crippen molar-refractivity contribution in [3.05, 3.63) is 132 Å². The third kappa shape index (κ3) is 8.40. The van der Waals surface area contributed by atoms with E-state index < -0.39 is 0 Å². The summed E-state index contributed by atoms with van der Waals surface area (Å²) in [5.74, 6) is 0.943. The van der Waals surface area contributed by atoms with Gasteiger partial charge in [-0.25, -0.2) is 0 Å². The molecule has 0 aliphatic rings. The summed E-state index contributed by atoms with van der Waals surface area (Å²) in [6, 6.07) is 21.7. The molecule has 4 aromatic carbocycles. The Morgan fingerprint density at radius 2 is 0.939 bits per heavy atom. The summed E-state index contributed by atoms with van der Waals surface area (Å²) < 4.78 is 1.15. The van der Waals surface area contributed by atoms with E-state index in [0.29, 0.717) is 17.9 Å². The van der Waals surface area contributed by atoms with Gasteiger partial charge >= 0.3 is 0 Å². The quantitative estimate of drug-likeness (QED) is 0.151. The molecule has 0 unspecified atom stereocenters. The molecule has 0 aliphatic heterocycles. The van der Waals surface area contributed by atoms with E-state index >= 15 is 0 Å². The highest BCUT2D eigenvalue weighted by atomic mass is 79.9. The third-order valence-corrected chi connectivity index (χ3v) is 11.7. The Balaban J connectivity index is 0.000000271. The number of aromatic hydroxyl groups is 2. The van der Waals surface area contributed by atoms with Gasteiger partial charge < -0.3 is 10.2 Å². The molecule has 4 rings (SSSR count). The van der Waals surface area contributed by atoms with Gasteiger partial charge in [-0.05, 0) is 141 Å². The first kappa shape index (κ1) is 39.8. The van der Waals surface area contributed by atoms with E-state index in [4.69, 9.17) is 0 Å². The van der Waals surface area contributed by atoms with Crippen LogP contribution in [0.5, 0.6) is 11.5 Å². The maximum atomic E-state index is 11.6. The van der Waals surface area contributed by atoms with Crippen LogP contribution in [0, 0.1) is 41.5 Å². The number of rotatable bonds is 11. The van der Waals surface area contributed by atoms with Gasteiger partial charge in [-0.15, -0.1) is 0 Å². The molecule has 0 aromatic heterocycles. The average Bonchev–Trinajstić information content (AvgIpc) is 3.08. The Hall–Kier alpha value is -3.63. The summed E-state index contributed by atoms with van der Waals surface area (Å²) in [6.07, 6.45) is 8.15. The van der Waals surface area contributed by atoms with Crippen molar-refractivity contribution >= 4 is 27.8 Å². The normalized spacial score (nSPS) is 11.8. The zero-order chi connectivity index (χ0) is 36.7. The van der Waals surface area contributed by atoms with Gasteiger partial charge in [0.2, 0.25) is 0 Å². The van der Waals surface area contributed by atoms with Gasteiger partial charge in [0.25, 0.3) is 0 Å². The number of carbonyl (C=O) groups excluding carboxylic acids is 1. The maximum absolute atomic E-state index is 11.6. The Morgan fingerprint density at radius 3 is 1.29 bits per heavy atom. The number of aryl methyl sites for hydroxylation is 6. The van der Waals surface area contributed by atoms with Gasteiger partial charge in [0.1, 0.15) is 11.5 Å². The molecule has 0 aliphatic carbocycles. The molecule has 262 valence electrons. The first-order valence-electron chi connectivity index (χ1n) is 17.8. The molecule has 0 heterocycles. The molecular weight excluding hydrogens is 668 g/mol. The number of allylic oxidation sites excluding steroid dienone is 1. The highest BCUT2D eigenvalue weighted by Gasteiger charge is 2.33. The molecule has 0 fully saturated rings. The smallest absolute Gasteiger partial charge is 0.155 e. The van der Waals surface area contributed by atoms with Crippen molar-refractivity contribution in [2.24, 2.45) is 0 Å². The minimum Gasteiger partial charge on any atom is -0.507 e. The van der Waals surface area contributed by atoms with E-state index in [-0.39, 0.29) is 16.6 Å². The SMILES string of the molecule is CCC(=O)/C=C/c1ccc(C(CC)(CC)c2cc(C)c(O)c(C)c2)cc1C.CCC(CC)(c1ccc(Br)c(C)c1)c1cc(C)c(O)c(C)c1. The summed E-state index contributed by atoms with van der Waals surface area (Å²) in [4.78, 5) is 11.6. The van der Waals surface area contributed by atoms with E-state index in [2.05, 4.69) is 118 Å². The van der Waals surface area contributed by atoms with E-state index in [9.17, 15) is 15.0 Å². The number of phenolic OH excluding ortho intramolecular Hbond substituents is 2. The molecule has 0 bridgehead atoms. The Bertz CT molecular complexity index is 1760. The highest BCUT2D eigenvalue weighted by Crippen LogP contribution is 2.43. The van der Waals surface area contributed by atoms with Gasteiger partial charge in [-0.1, -0.05) is 111 Å². The number of benzene rings is 4. The number of carbonyl (C=O) groups is 1. The lowest BCUT2D eigenvalue weighted by molar-refractivity contribution is -0.114. The maximum Gasteiger partial charge on any atom is 0.155 e. The van der Waals surface area contributed by atoms with Gasteiger partial charge in [0, 0.05) is 21.7 Å². The second-order valence-electron chi connectivity index (χ2n) is 13.7. The van der Waals surface area contributed by atoms with Crippen LogP contribution in [0.15, 0.2) is 71.2 Å². The number of phenols is 2. The fourth-order valence-corrected chi connectivity index (χ4v) is 7.58. The standard InChI is InChI=1S/C25H32O2.C20H25BrO/c1-7-23(26)13-11-20-10-12-21(14-17(20)4)25(8-2,9-3)22-15-18(5)24(27)19(6)16-22;1-6-20(7-2,16-8-9-18(21)13(3)10-16)17-11-14(4)19(22)15(5)12-17/h10-16,27H,7-9H2,1-6H3;8-12,22H,6-7H2,1-5H3/b13-11+;. The van der Waals surface area contributed by atoms with E-state index in [1.807, 2.05) is 40.7 Å². The lowest BCUT2D eigenvalue weighted by atomic mass is 9.69. The van der Waals surface area contributed by atoms with Crippen LogP contribution in [0.3, 0.4) is 0 Å². The average molecular weight is 726 g/mol. The number of hydrogen-bond acceptors (Lipinski definition) is 3. The number of halogens is 1. The summed E-state index contributed by atoms with van der Waals surface area (Å²) in [7, 11) is 0. The third-order valence-electron chi connectivity index (χ3n) is 10.8. The molecule has 0 amide bonds. The zero-order valence-electron chi connectivity index (χ0n) is 31.6. The minimum atomic E-state index is -0.0878. The summed E-state index contributed by atoms with van der Waals surface area (Å²) in [6.45, 7) is 23.0. The molecule has 4 heteroatoms. The molecule has 4 aromatic rings. The van der Waals surface area contributed by atoms with Crippen LogP contribution in [0.1, 0.15) is 128 Å². The van der Waals surface area contributed by atoms with Gasteiger partial charge in [-0.3, -0.25) is 4.79 Å². The lowest BCUT2D eigenvalue weighted by Gasteiger charge is -2.34. The molecule has 0 saturated carbocycles. The van der Waals surface area contributed by atoms with Gasteiger partial charge in [0.05, 0.1) is 0 Å². The lowest BCUT2D eigenvalue weighted by Crippen LogP contribution is -2.26. The van der Waals surface area contributed by atoms with Crippen LogP contribution in [-0.2, 0) is 15.6 Å². The van der Waals surface area contributed by atoms with Crippen molar-refractivity contribution in [1.82, 2.24) is 0 Å². The summed E-state index contributed by atoms with van der Waals surface area (Å²) in [5.41, 5.74) is 12.4. The largest absolute Gasteiger partial charge is 0.507 e. The predicted molar refractivity (Wildman–Crippen MR) is 212 cm³/mol. The number of hydrogen-bond donors (Lipinski definition) is 2. The molecule has 0 atom stereocenters. The van der Waals surface area contributed by atoms with Crippen molar-refractivity contribution in [1.29, 1.82) is 0 Å². The molecule has 3 nitrogen and oxygen atoms in total. The minimum absolute atomic E-state index is 0.00528. The van der Waals surface area contributed by atoms with Gasteiger partial charge in [0.15, 0.2) is 5.78 Å². The fraction of sp³-hybridized carbons (Fsp3) is 0.400. The van der Waals surface area contributed by atoms with E-state index in [1.54, 1.807) is 6.08 Å². The second-order valence-corrected chi connectivity index (χ2v) is 14.5. The van der Waals surface area contributed by atoms with Crippen LogP contribution in [-0.4, -0.2) is 16.0 Å². The van der Waals surface area contributed by atoms with Crippen LogP contribution < -0.4 is 0 Å². The topological polar surface area (TPSA) is 57.5 Å². The zero-order valence-corrected chi connectivity index (χ0v) is 33.2. The Kier molecular flexibility index (Phi) is 13.7. The van der Waals surface area contributed by atoms with Crippen molar-refractivity contribution < 1.29 is 15.0 Å². The van der Waals surface area contributed by atoms with E-state index in [0.717, 1.165) is 58.0 Å². The molecule has 0 saturated heterocycles. The van der Waals surface area contributed by atoms with Crippen molar-refractivity contribution in [2.75, 3.05) is 0 Å². The summed E-state index contributed by atoms with van der Waals surface area (Å²) in [5, 5.41) is 20.3. The Labute approximate surface area is 304 Å². The Morgan fingerprint density at radius 1 is 0.571 bits per heavy atom. The first-order chi connectivity index (χ1) is 23.1. The van der Waals surface area contributed by atoms with Gasteiger partial charge in [-0.2, -0.15) is 0 Å². The highest BCUT2D eigenvalue weighted by molar-refractivity contribution is 9.10. The number of ketones is 1. The second kappa shape index (κ2) is 16.9. The van der Waals surface area contributed by atoms with Crippen molar-refractivity contribution in [3.63, 3.8) is 0 Å². The van der Waals surface area contributed by atoms with Crippen LogP contribution in [0.25, 0.3) is 6.08 Å². The molecule has 0 radical (unpaired) electrons. The van der Waals surface area contributed by atoms with E-state index in [1.165, 1.54) is 33.4 Å². The van der Waals surface area contributed by atoms with Crippen LogP contribution >= 0.6 is 15.9 Å².